The van der Waals surface area contributed by atoms with E-state index in [1.54, 1.807) is 0 Å². The SMILES string of the molecule is c1ccc(-c2cccc3nc4ccccc4cc23)cc1. The van der Waals surface area contributed by atoms with E-state index in [1.807, 2.05) is 12.1 Å². The van der Waals surface area contributed by atoms with Gasteiger partial charge in [-0.05, 0) is 29.3 Å². The molecule has 4 rings (SSSR count). The molecule has 0 amide bonds. The molecule has 0 radical (unpaired) electrons. The number of benzene rings is 3. The van der Waals surface area contributed by atoms with Crippen molar-refractivity contribution < 1.29 is 0 Å². The standard InChI is InChI=1S/C19H13N/c1-2-7-14(8-3-1)16-10-6-12-19-17(16)13-15-9-4-5-11-18(15)20-19/h1-13H. The summed E-state index contributed by atoms with van der Waals surface area (Å²) in [5.74, 6) is 0. The molecule has 1 nitrogen and oxygen atoms in total. The predicted octanol–water partition coefficient (Wildman–Crippen LogP) is 5.06. The minimum Gasteiger partial charge on any atom is -0.248 e. The number of aromatic nitrogens is 1. The van der Waals surface area contributed by atoms with Crippen LogP contribution >= 0.6 is 0 Å². The Kier molecular flexibility index (Phi) is 2.49. The summed E-state index contributed by atoms with van der Waals surface area (Å²) in [6.07, 6.45) is 0. The van der Waals surface area contributed by atoms with Crippen molar-refractivity contribution in [1.29, 1.82) is 0 Å². The Morgan fingerprint density at radius 1 is 0.600 bits per heavy atom. The predicted molar refractivity (Wildman–Crippen MR) is 84.7 cm³/mol. The Labute approximate surface area is 117 Å². The zero-order valence-corrected chi connectivity index (χ0v) is 11.0. The Bertz CT molecular complexity index is 895. The van der Waals surface area contributed by atoms with Gasteiger partial charge in [-0.2, -0.15) is 0 Å². The smallest absolute Gasteiger partial charge is 0.0715 e. The fraction of sp³-hybridized carbons (Fsp3) is 0. The number of para-hydroxylation sites is 1. The van der Waals surface area contributed by atoms with Crippen LogP contribution in [0.25, 0.3) is 32.9 Å². The van der Waals surface area contributed by atoms with Crippen molar-refractivity contribution in [2.75, 3.05) is 0 Å². The summed E-state index contributed by atoms with van der Waals surface area (Å²) in [6, 6.07) is 27.3. The average Bonchev–Trinajstić information content (AvgIpc) is 2.53. The number of hydrogen-bond donors (Lipinski definition) is 0. The number of rotatable bonds is 1. The maximum atomic E-state index is 4.76. The highest BCUT2D eigenvalue weighted by molar-refractivity contribution is 6.00. The minimum atomic E-state index is 1.05. The first-order chi connectivity index (χ1) is 9.92. The Morgan fingerprint density at radius 3 is 2.25 bits per heavy atom. The van der Waals surface area contributed by atoms with Crippen molar-refractivity contribution in [3.63, 3.8) is 0 Å². The molecular weight excluding hydrogens is 242 g/mol. The second-order valence-electron chi connectivity index (χ2n) is 4.92. The van der Waals surface area contributed by atoms with Crippen LogP contribution in [-0.4, -0.2) is 4.98 Å². The summed E-state index contributed by atoms with van der Waals surface area (Å²) in [6.45, 7) is 0. The highest BCUT2D eigenvalue weighted by Gasteiger charge is 2.05. The molecule has 1 heterocycles. The van der Waals surface area contributed by atoms with Crippen LogP contribution in [0.4, 0.5) is 0 Å². The molecule has 0 aliphatic rings. The van der Waals surface area contributed by atoms with Crippen LogP contribution in [0.5, 0.6) is 0 Å². The molecule has 0 saturated carbocycles. The second-order valence-corrected chi connectivity index (χ2v) is 4.92. The van der Waals surface area contributed by atoms with Gasteiger partial charge in [-0.25, -0.2) is 4.98 Å². The Morgan fingerprint density at radius 2 is 1.35 bits per heavy atom. The summed E-state index contributed by atoms with van der Waals surface area (Å²) in [4.78, 5) is 4.76. The molecular formula is C19H13N. The molecule has 1 aromatic heterocycles. The molecule has 0 unspecified atom stereocenters. The number of pyridine rings is 1. The van der Waals surface area contributed by atoms with Crippen molar-refractivity contribution in [3.05, 3.63) is 78.9 Å². The molecule has 20 heavy (non-hydrogen) atoms. The first-order valence-corrected chi connectivity index (χ1v) is 6.76. The Hall–Kier alpha value is -2.67. The second kappa shape index (κ2) is 4.46. The largest absolute Gasteiger partial charge is 0.248 e. The van der Waals surface area contributed by atoms with Crippen molar-refractivity contribution in [2.24, 2.45) is 0 Å². The third kappa shape index (κ3) is 1.76. The third-order valence-electron chi connectivity index (χ3n) is 3.65. The molecule has 1 heteroatoms. The summed E-state index contributed by atoms with van der Waals surface area (Å²) >= 11 is 0. The van der Waals surface area contributed by atoms with E-state index in [4.69, 9.17) is 4.98 Å². The lowest BCUT2D eigenvalue weighted by molar-refractivity contribution is 1.49. The van der Waals surface area contributed by atoms with Crippen LogP contribution in [0.15, 0.2) is 78.9 Å². The molecule has 0 N–H and O–H groups in total. The quantitative estimate of drug-likeness (QED) is 0.433. The Balaban J connectivity index is 2.09. The first kappa shape index (κ1) is 11.2. The number of hydrogen-bond acceptors (Lipinski definition) is 1. The lowest BCUT2D eigenvalue weighted by Crippen LogP contribution is -1.85. The first-order valence-electron chi connectivity index (χ1n) is 6.76. The van der Waals surface area contributed by atoms with E-state index in [-0.39, 0.29) is 0 Å². The van der Waals surface area contributed by atoms with Crippen molar-refractivity contribution in [2.45, 2.75) is 0 Å². The molecule has 0 fully saturated rings. The van der Waals surface area contributed by atoms with Gasteiger partial charge in [-0.15, -0.1) is 0 Å². The lowest BCUT2D eigenvalue weighted by Gasteiger charge is -2.08. The van der Waals surface area contributed by atoms with Crippen LogP contribution in [-0.2, 0) is 0 Å². The molecule has 3 aromatic carbocycles. The maximum Gasteiger partial charge on any atom is 0.0715 e. The summed E-state index contributed by atoms with van der Waals surface area (Å²) in [7, 11) is 0. The number of nitrogens with zero attached hydrogens (tertiary/aromatic N) is 1. The number of fused-ring (bicyclic) bond motifs is 2. The third-order valence-corrected chi connectivity index (χ3v) is 3.65. The van der Waals surface area contributed by atoms with Gasteiger partial charge >= 0.3 is 0 Å². The van der Waals surface area contributed by atoms with E-state index < -0.39 is 0 Å². The molecule has 4 aromatic rings. The fourth-order valence-corrected chi connectivity index (χ4v) is 2.67. The van der Waals surface area contributed by atoms with Gasteiger partial charge in [0.05, 0.1) is 11.0 Å². The van der Waals surface area contributed by atoms with Gasteiger partial charge < -0.3 is 0 Å². The molecule has 0 atom stereocenters. The van der Waals surface area contributed by atoms with E-state index in [2.05, 4.69) is 66.7 Å². The van der Waals surface area contributed by atoms with Crippen LogP contribution < -0.4 is 0 Å². The maximum absolute atomic E-state index is 4.76. The van der Waals surface area contributed by atoms with Gasteiger partial charge in [0.2, 0.25) is 0 Å². The van der Waals surface area contributed by atoms with E-state index in [0.717, 1.165) is 11.0 Å². The molecule has 94 valence electrons. The van der Waals surface area contributed by atoms with Gasteiger partial charge in [0, 0.05) is 10.8 Å². The van der Waals surface area contributed by atoms with Crippen molar-refractivity contribution in [3.8, 4) is 11.1 Å². The van der Waals surface area contributed by atoms with Gasteiger partial charge in [-0.3, -0.25) is 0 Å². The zero-order valence-electron chi connectivity index (χ0n) is 11.0. The monoisotopic (exact) mass is 255 g/mol. The van der Waals surface area contributed by atoms with Gasteiger partial charge in [0.1, 0.15) is 0 Å². The van der Waals surface area contributed by atoms with E-state index in [1.165, 1.54) is 21.9 Å². The molecule has 0 spiro atoms. The van der Waals surface area contributed by atoms with Crippen LogP contribution in [0, 0.1) is 0 Å². The summed E-state index contributed by atoms with van der Waals surface area (Å²) in [5, 5.41) is 2.39. The van der Waals surface area contributed by atoms with Gasteiger partial charge in [0.15, 0.2) is 0 Å². The van der Waals surface area contributed by atoms with Gasteiger partial charge in [0.25, 0.3) is 0 Å². The average molecular weight is 255 g/mol. The molecule has 0 aliphatic heterocycles. The molecule has 0 bridgehead atoms. The van der Waals surface area contributed by atoms with Crippen molar-refractivity contribution >= 4 is 21.8 Å². The van der Waals surface area contributed by atoms with E-state index >= 15 is 0 Å². The minimum absolute atomic E-state index is 1.05. The normalized spacial score (nSPS) is 11.0. The van der Waals surface area contributed by atoms with E-state index in [0.29, 0.717) is 0 Å². The highest BCUT2D eigenvalue weighted by Crippen LogP contribution is 2.29. The van der Waals surface area contributed by atoms with E-state index in [9.17, 15) is 0 Å². The topological polar surface area (TPSA) is 12.9 Å². The molecule has 0 saturated heterocycles. The fourth-order valence-electron chi connectivity index (χ4n) is 2.67. The van der Waals surface area contributed by atoms with Crippen LogP contribution in [0.2, 0.25) is 0 Å². The summed E-state index contributed by atoms with van der Waals surface area (Å²) in [5.41, 5.74) is 4.56. The summed E-state index contributed by atoms with van der Waals surface area (Å²) < 4.78 is 0. The lowest BCUT2D eigenvalue weighted by atomic mass is 9.99. The molecule has 0 aliphatic carbocycles. The van der Waals surface area contributed by atoms with Crippen LogP contribution in [0.3, 0.4) is 0 Å². The van der Waals surface area contributed by atoms with Crippen molar-refractivity contribution in [1.82, 2.24) is 4.98 Å². The highest BCUT2D eigenvalue weighted by atomic mass is 14.7. The van der Waals surface area contributed by atoms with Crippen LogP contribution in [0.1, 0.15) is 0 Å². The zero-order chi connectivity index (χ0) is 13.4. The van der Waals surface area contributed by atoms with Gasteiger partial charge in [-0.1, -0.05) is 60.7 Å².